The Balaban J connectivity index is 1.83. The summed E-state index contributed by atoms with van der Waals surface area (Å²) in [6, 6.07) is 0. The van der Waals surface area contributed by atoms with Crippen molar-refractivity contribution in [3.63, 3.8) is 0 Å². The molecule has 0 aliphatic carbocycles. The molecule has 86 valence electrons. The van der Waals surface area contributed by atoms with Crippen molar-refractivity contribution in [3.8, 4) is 0 Å². The molecule has 1 N–H and O–H groups in total. The average molecular weight is 256 g/mol. The number of H-pyrrole nitrogens is 1. The topological polar surface area (TPSA) is 61.9 Å². The first-order chi connectivity index (χ1) is 7.86. The first-order valence-corrected chi connectivity index (χ1v) is 7.40. The Morgan fingerprint density at radius 1 is 1.38 bits per heavy atom. The monoisotopic (exact) mass is 256 g/mol. The first-order valence-electron chi connectivity index (χ1n) is 5.30. The first kappa shape index (κ1) is 10.5. The lowest BCUT2D eigenvalue weighted by Crippen LogP contribution is -2.39. The number of amides is 1. The largest absolute Gasteiger partial charge is 0.292 e. The molecule has 0 bridgehead atoms. The molecule has 3 rings (SSSR count). The van der Waals surface area contributed by atoms with Gasteiger partial charge in [0.25, 0.3) is 5.91 Å². The van der Waals surface area contributed by atoms with Gasteiger partial charge in [-0.15, -0.1) is 28.6 Å². The van der Waals surface area contributed by atoms with E-state index >= 15 is 0 Å². The van der Waals surface area contributed by atoms with Crippen LogP contribution in [0.4, 0.5) is 5.82 Å². The van der Waals surface area contributed by atoms with E-state index in [2.05, 4.69) is 15.4 Å². The summed E-state index contributed by atoms with van der Waals surface area (Å²) in [5, 5.41) is 10.8. The van der Waals surface area contributed by atoms with Crippen molar-refractivity contribution in [2.45, 2.75) is 17.4 Å². The number of carbonyl (C=O) groups excluding carboxylic acids is 1. The second-order valence-corrected chi connectivity index (χ2v) is 6.49. The maximum absolute atomic E-state index is 12.3. The molecule has 1 fully saturated rings. The van der Waals surface area contributed by atoms with Crippen molar-refractivity contribution in [3.05, 3.63) is 5.69 Å². The minimum absolute atomic E-state index is 0.0580. The zero-order valence-electron chi connectivity index (χ0n) is 8.68. The molecule has 0 unspecified atom stereocenters. The van der Waals surface area contributed by atoms with Gasteiger partial charge in [-0.25, -0.2) is 0 Å². The lowest BCUT2D eigenvalue weighted by Gasteiger charge is -2.26. The van der Waals surface area contributed by atoms with E-state index in [0.717, 1.165) is 42.4 Å². The number of nitrogens with zero attached hydrogens (tertiary/aromatic N) is 3. The van der Waals surface area contributed by atoms with Crippen LogP contribution in [0.2, 0.25) is 0 Å². The Kier molecular flexibility index (Phi) is 2.81. The molecule has 0 atom stereocenters. The Labute approximate surface area is 102 Å². The summed E-state index contributed by atoms with van der Waals surface area (Å²) in [5.41, 5.74) is 0.924. The van der Waals surface area contributed by atoms with Gasteiger partial charge in [-0.05, 0) is 12.8 Å². The van der Waals surface area contributed by atoms with Crippen molar-refractivity contribution in [2.75, 3.05) is 23.0 Å². The van der Waals surface area contributed by atoms with E-state index in [1.165, 1.54) is 0 Å². The number of hydrogen-bond donors (Lipinski definition) is 1. The zero-order chi connectivity index (χ0) is 11.0. The molecule has 1 aromatic heterocycles. The van der Waals surface area contributed by atoms with Crippen LogP contribution in [0.3, 0.4) is 0 Å². The number of nitrogens with one attached hydrogen (secondary N) is 1. The van der Waals surface area contributed by atoms with Gasteiger partial charge in [0, 0.05) is 18.1 Å². The minimum atomic E-state index is 0.0580. The van der Waals surface area contributed by atoms with Crippen LogP contribution in [-0.4, -0.2) is 44.0 Å². The van der Waals surface area contributed by atoms with Crippen LogP contribution >= 0.6 is 23.5 Å². The number of aryl methyl sites for hydroxylation is 1. The van der Waals surface area contributed by atoms with Gasteiger partial charge < -0.3 is 0 Å². The van der Waals surface area contributed by atoms with Crippen molar-refractivity contribution in [2.24, 2.45) is 0 Å². The Bertz CT molecular complexity index is 402. The standard InChI is InChI=1S/C9H12N4OS2/c14-8(9-15-4-5-16-9)13-3-1-2-6-7(13)11-12-10-6/h9H,1-5H2,(H,10,11,12). The van der Waals surface area contributed by atoms with Gasteiger partial charge in [0.1, 0.15) is 10.3 Å². The number of thioether (sulfide) groups is 2. The number of fused-ring (bicyclic) bond motifs is 1. The normalized spacial score (nSPS) is 21.1. The van der Waals surface area contributed by atoms with Crippen LogP contribution in [0.25, 0.3) is 0 Å². The summed E-state index contributed by atoms with van der Waals surface area (Å²) in [4.78, 5) is 14.1. The average Bonchev–Trinajstić information content (AvgIpc) is 2.98. The highest BCUT2D eigenvalue weighted by molar-refractivity contribution is 8.21. The lowest BCUT2D eigenvalue weighted by atomic mass is 10.1. The highest BCUT2D eigenvalue weighted by atomic mass is 32.2. The molecule has 0 spiro atoms. The number of hydrogen-bond acceptors (Lipinski definition) is 5. The van der Waals surface area contributed by atoms with Gasteiger partial charge in [0.2, 0.25) is 0 Å². The Morgan fingerprint density at radius 2 is 2.19 bits per heavy atom. The number of anilines is 1. The van der Waals surface area contributed by atoms with Gasteiger partial charge in [0.15, 0.2) is 5.82 Å². The summed E-state index contributed by atoms with van der Waals surface area (Å²) in [7, 11) is 0. The van der Waals surface area contributed by atoms with Gasteiger partial charge in [-0.1, -0.05) is 0 Å². The molecule has 5 nitrogen and oxygen atoms in total. The van der Waals surface area contributed by atoms with Crippen LogP contribution in [0.1, 0.15) is 12.1 Å². The van der Waals surface area contributed by atoms with Crippen LogP contribution in [0.15, 0.2) is 0 Å². The number of aromatic amines is 1. The smallest absolute Gasteiger partial charge is 0.251 e. The minimum Gasteiger partial charge on any atom is -0.292 e. The number of carbonyl (C=O) groups is 1. The molecule has 1 aromatic rings. The van der Waals surface area contributed by atoms with Crippen LogP contribution < -0.4 is 4.90 Å². The van der Waals surface area contributed by atoms with Gasteiger partial charge in [-0.2, -0.15) is 10.3 Å². The van der Waals surface area contributed by atoms with Crippen molar-refractivity contribution in [1.82, 2.24) is 15.4 Å². The molecular weight excluding hydrogens is 244 g/mol. The van der Waals surface area contributed by atoms with Crippen LogP contribution in [0.5, 0.6) is 0 Å². The fourth-order valence-corrected chi connectivity index (χ4v) is 4.68. The van der Waals surface area contributed by atoms with E-state index in [-0.39, 0.29) is 10.5 Å². The van der Waals surface area contributed by atoms with Gasteiger partial charge in [-0.3, -0.25) is 9.69 Å². The van der Waals surface area contributed by atoms with Crippen molar-refractivity contribution < 1.29 is 4.79 Å². The molecule has 3 heterocycles. The number of rotatable bonds is 1. The van der Waals surface area contributed by atoms with Crippen LogP contribution in [-0.2, 0) is 11.2 Å². The molecule has 16 heavy (non-hydrogen) atoms. The molecule has 1 amide bonds. The van der Waals surface area contributed by atoms with Gasteiger partial charge >= 0.3 is 0 Å². The Hall–Kier alpha value is -0.690. The lowest BCUT2D eigenvalue weighted by molar-refractivity contribution is -0.116. The molecular formula is C9H12N4OS2. The highest BCUT2D eigenvalue weighted by Crippen LogP contribution is 2.35. The second-order valence-electron chi connectivity index (χ2n) is 3.76. The molecule has 2 aliphatic rings. The van der Waals surface area contributed by atoms with E-state index < -0.39 is 0 Å². The van der Waals surface area contributed by atoms with E-state index in [4.69, 9.17) is 0 Å². The molecule has 7 heteroatoms. The molecule has 1 saturated heterocycles. The zero-order valence-corrected chi connectivity index (χ0v) is 10.3. The predicted molar refractivity (Wildman–Crippen MR) is 65.8 cm³/mol. The predicted octanol–water partition coefficient (Wildman–Crippen LogP) is 0.890. The fourth-order valence-electron chi connectivity index (χ4n) is 1.98. The van der Waals surface area contributed by atoms with E-state index in [1.807, 2.05) is 0 Å². The number of aromatic nitrogens is 3. The van der Waals surface area contributed by atoms with E-state index in [0.29, 0.717) is 0 Å². The summed E-state index contributed by atoms with van der Waals surface area (Å²) in [6.07, 6.45) is 1.90. The van der Waals surface area contributed by atoms with Crippen molar-refractivity contribution in [1.29, 1.82) is 0 Å². The summed E-state index contributed by atoms with van der Waals surface area (Å²) >= 11 is 3.47. The molecule has 0 radical (unpaired) electrons. The third-order valence-corrected chi connectivity index (χ3v) is 5.70. The molecule has 2 aliphatic heterocycles. The molecule has 0 aromatic carbocycles. The maximum Gasteiger partial charge on any atom is 0.251 e. The summed E-state index contributed by atoms with van der Waals surface area (Å²) in [6.45, 7) is 0.774. The maximum atomic E-state index is 12.3. The quantitative estimate of drug-likeness (QED) is 0.808. The third kappa shape index (κ3) is 1.71. The van der Waals surface area contributed by atoms with Gasteiger partial charge in [0.05, 0.1) is 0 Å². The van der Waals surface area contributed by atoms with E-state index in [9.17, 15) is 4.79 Å². The molecule has 0 saturated carbocycles. The van der Waals surface area contributed by atoms with Crippen LogP contribution in [0, 0.1) is 0 Å². The SMILES string of the molecule is O=C(C1SCCS1)N1CCCc2n[nH]nc21. The van der Waals surface area contributed by atoms with E-state index in [1.54, 1.807) is 28.4 Å². The van der Waals surface area contributed by atoms with Crippen molar-refractivity contribution >= 4 is 35.2 Å². The second kappa shape index (κ2) is 4.29. The highest BCUT2D eigenvalue weighted by Gasteiger charge is 2.33. The third-order valence-electron chi connectivity index (χ3n) is 2.74. The summed E-state index contributed by atoms with van der Waals surface area (Å²) in [5.74, 6) is 3.06. The fraction of sp³-hybridized carbons (Fsp3) is 0.667. The summed E-state index contributed by atoms with van der Waals surface area (Å²) < 4.78 is 0.0580. The Morgan fingerprint density at radius 3 is 3.00 bits per heavy atom.